The van der Waals surface area contributed by atoms with Crippen molar-refractivity contribution in [2.24, 2.45) is 7.05 Å². The topological polar surface area (TPSA) is 41.9 Å². The molecule has 2 heterocycles. The summed E-state index contributed by atoms with van der Waals surface area (Å²) in [5, 5.41) is 10.6. The predicted octanol–water partition coefficient (Wildman–Crippen LogP) is 0.449. The minimum Gasteiger partial charge on any atom is -0.343 e. The molecule has 64 valence electrons. The maximum Gasteiger partial charge on any atom is 0.132 e. The Labute approximate surface area is 71.3 Å². The Hall–Kier alpha value is -1.29. The van der Waals surface area contributed by atoms with Gasteiger partial charge in [-0.15, -0.1) is 0 Å². The van der Waals surface area contributed by atoms with Crippen LogP contribution in [0.5, 0.6) is 0 Å². The van der Waals surface area contributed by atoms with E-state index in [2.05, 4.69) is 22.3 Å². The van der Waals surface area contributed by atoms with Crippen LogP contribution in [0.15, 0.2) is 18.5 Å². The van der Waals surface area contributed by atoms with Crippen LogP contribution in [0, 0.1) is 0 Å². The molecule has 12 heavy (non-hydrogen) atoms. The van der Waals surface area contributed by atoms with Gasteiger partial charge in [-0.2, -0.15) is 5.10 Å². The third-order valence-corrected chi connectivity index (χ3v) is 1.96. The van der Waals surface area contributed by atoms with Crippen LogP contribution in [0.25, 0.3) is 0 Å². The van der Waals surface area contributed by atoms with Crippen LogP contribution in [0.4, 0.5) is 5.82 Å². The van der Waals surface area contributed by atoms with Crippen molar-refractivity contribution in [1.82, 2.24) is 15.1 Å². The monoisotopic (exact) mass is 164 g/mol. The molecule has 1 aliphatic rings. The first-order valence-electron chi connectivity index (χ1n) is 3.94. The Bertz CT molecular complexity index is 313. The number of nitrogens with zero attached hydrogens (tertiary/aromatic N) is 2. The van der Waals surface area contributed by atoms with Crippen LogP contribution in [0.3, 0.4) is 0 Å². The lowest BCUT2D eigenvalue weighted by Gasteiger charge is -2.05. The van der Waals surface area contributed by atoms with Crippen molar-refractivity contribution >= 4 is 5.82 Å². The van der Waals surface area contributed by atoms with Crippen LogP contribution in [-0.2, 0) is 13.6 Å². The lowest BCUT2D eigenvalue weighted by molar-refractivity contribution is 0.753. The highest BCUT2D eigenvalue weighted by atomic mass is 15.3. The molecule has 0 atom stereocenters. The van der Waals surface area contributed by atoms with Crippen molar-refractivity contribution < 1.29 is 0 Å². The Balaban J connectivity index is 2.40. The third kappa shape index (κ3) is 1.10. The maximum absolute atomic E-state index is 4.15. The number of nitrogens with one attached hydrogen (secondary N) is 2. The number of rotatable bonds is 0. The van der Waals surface area contributed by atoms with Crippen molar-refractivity contribution in [3.05, 3.63) is 24.0 Å². The zero-order valence-electron chi connectivity index (χ0n) is 7.09. The average Bonchev–Trinajstić information content (AvgIpc) is 2.31. The second-order valence-electron chi connectivity index (χ2n) is 2.97. The molecule has 0 spiro atoms. The molecule has 0 radical (unpaired) electrons. The second-order valence-corrected chi connectivity index (χ2v) is 2.97. The summed E-state index contributed by atoms with van der Waals surface area (Å²) in [5.74, 6) is 1.05. The van der Waals surface area contributed by atoms with Crippen molar-refractivity contribution in [2.45, 2.75) is 6.54 Å². The van der Waals surface area contributed by atoms with Gasteiger partial charge in [0.25, 0.3) is 0 Å². The van der Waals surface area contributed by atoms with Crippen molar-refractivity contribution in [3.8, 4) is 0 Å². The fourth-order valence-corrected chi connectivity index (χ4v) is 1.33. The molecule has 0 amide bonds. The molecule has 1 aromatic heterocycles. The van der Waals surface area contributed by atoms with Gasteiger partial charge in [0.15, 0.2) is 0 Å². The van der Waals surface area contributed by atoms with E-state index < -0.39 is 0 Å². The fraction of sp³-hybridized carbons (Fsp3) is 0.375. The van der Waals surface area contributed by atoms with E-state index in [1.165, 1.54) is 5.56 Å². The Morgan fingerprint density at radius 2 is 2.42 bits per heavy atom. The lowest BCUT2D eigenvalue weighted by atomic mass is 10.3. The highest BCUT2D eigenvalue weighted by Gasteiger charge is 2.11. The Morgan fingerprint density at radius 3 is 3.25 bits per heavy atom. The standard InChI is InChI=1S/C8H12N4/c1-6-3-9-4-7-5-10-12(2)8(7)11-6/h5,9,11H,1,3-4H2,2H3. The molecule has 0 aliphatic carbocycles. The zero-order valence-corrected chi connectivity index (χ0v) is 7.09. The van der Waals surface area contributed by atoms with Gasteiger partial charge in [0.1, 0.15) is 5.82 Å². The van der Waals surface area contributed by atoms with E-state index in [0.717, 1.165) is 24.6 Å². The Kier molecular flexibility index (Phi) is 1.62. The number of fused-ring (bicyclic) bond motifs is 1. The quantitative estimate of drug-likeness (QED) is 0.585. The normalized spacial score (nSPS) is 16.6. The molecule has 0 unspecified atom stereocenters. The first-order chi connectivity index (χ1) is 5.77. The van der Waals surface area contributed by atoms with Crippen LogP contribution in [0.1, 0.15) is 5.56 Å². The number of hydrogen-bond donors (Lipinski definition) is 2. The maximum atomic E-state index is 4.15. The van der Waals surface area contributed by atoms with Gasteiger partial charge < -0.3 is 10.6 Å². The highest BCUT2D eigenvalue weighted by molar-refractivity contribution is 5.49. The number of aryl methyl sites for hydroxylation is 1. The molecular weight excluding hydrogens is 152 g/mol. The summed E-state index contributed by atoms with van der Waals surface area (Å²) in [7, 11) is 1.92. The smallest absolute Gasteiger partial charge is 0.132 e. The van der Waals surface area contributed by atoms with Crippen LogP contribution in [0.2, 0.25) is 0 Å². The van der Waals surface area contributed by atoms with Gasteiger partial charge in [-0.3, -0.25) is 4.68 Å². The van der Waals surface area contributed by atoms with Gasteiger partial charge >= 0.3 is 0 Å². The minimum absolute atomic E-state index is 0.814. The summed E-state index contributed by atoms with van der Waals surface area (Å²) < 4.78 is 1.83. The lowest BCUT2D eigenvalue weighted by Crippen LogP contribution is -2.15. The van der Waals surface area contributed by atoms with Gasteiger partial charge in [0.05, 0.1) is 6.20 Å². The molecule has 0 saturated heterocycles. The van der Waals surface area contributed by atoms with Gasteiger partial charge in [0.2, 0.25) is 0 Å². The van der Waals surface area contributed by atoms with Crippen molar-refractivity contribution in [2.75, 3.05) is 11.9 Å². The molecule has 1 aliphatic heterocycles. The summed E-state index contributed by atoms with van der Waals surface area (Å²) in [4.78, 5) is 0. The van der Waals surface area contributed by atoms with E-state index in [1.54, 1.807) is 0 Å². The molecule has 0 fully saturated rings. The van der Waals surface area contributed by atoms with Crippen LogP contribution >= 0.6 is 0 Å². The zero-order chi connectivity index (χ0) is 8.55. The van der Waals surface area contributed by atoms with Crippen molar-refractivity contribution in [3.63, 3.8) is 0 Å². The molecule has 0 aromatic carbocycles. The molecule has 4 heteroatoms. The third-order valence-electron chi connectivity index (χ3n) is 1.96. The number of hydrogen-bond acceptors (Lipinski definition) is 3. The summed E-state index contributed by atoms with van der Waals surface area (Å²) in [6.07, 6.45) is 1.87. The average molecular weight is 164 g/mol. The summed E-state index contributed by atoms with van der Waals surface area (Å²) in [5.41, 5.74) is 2.17. The van der Waals surface area contributed by atoms with E-state index in [0.29, 0.717) is 0 Å². The van der Waals surface area contributed by atoms with Crippen molar-refractivity contribution in [1.29, 1.82) is 0 Å². The highest BCUT2D eigenvalue weighted by Crippen LogP contribution is 2.17. The van der Waals surface area contributed by atoms with E-state index in [1.807, 2.05) is 17.9 Å². The van der Waals surface area contributed by atoms with Crippen LogP contribution in [-0.4, -0.2) is 16.3 Å². The molecule has 1 aromatic rings. The largest absolute Gasteiger partial charge is 0.343 e. The molecular formula is C8H12N4. The van der Waals surface area contributed by atoms with E-state index >= 15 is 0 Å². The second kappa shape index (κ2) is 2.64. The van der Waals surface area contributed by atoms with E-state index in [4.69, 9.17) is 0 Å². The van der Waals surface area contributed by atoms with Gasteiger partial charge in [-0.25, -0.2) is 0 Å². The first-order valence-corrected chi connectivity index (χ1v) is 3.94. The summed E-state index contributed by atoms with van der Waals surface area (Å²) in [6.45, 7) is 5.55. The first kappa shape index (κ1) is 7.36. The molecule has 2 rings (SSSR count). The Morgan fingerprint density at radius 1 is 1.58 bits per heavy atom. The van der Waals surface area contributed by atoms with Crippen LogP contribution < -0.4 is 10.6 Å². The SMILES string of the molecule is C=C1CNCc2cnn(C)c2N1. The van der Waals surface area contributed by atoms with E-state index in [9.17, 15) is 0 Å². The van der Waals surface area contributed by atoms with Gasteiger partial charge in [0, 0.05) is 31.4 Å². The predicted molar refractivity (Wildman–Crippen MR) is 47.7 cm³/mol. The molecule has 4 nitrogen and oxygen atoms in total. The van der Waals surface area contributed by atoms with E-state index in [-0.39, 0.29) is 0 Å². The van der Waals surface area contributed by atoms with Gasteiger partial charge in [-0.05, 0) is 0 Å². The number of anilines is 1. The minimum atomic E-state index is 0.814. The molecule has 2 N–H and O–H groups in total. The summed E-state index contributed by atoms with van der Waals surface area (Å²) >= 11 is 0. The molecule has 0 bridgehead atoms. The fourth-order valence-electron chi connectivity index (χ4n) is 1.33. The summed E-state index contributed by atoms with van der Waals surface area (Å²) in [6, 6.07) is 0. The van der Waals surface area contributed by atoms with Gasteiger partial charge in [-0.1, -0.05) is 6.58 Å². The number of aromatic nitrogens is 2. The molecule has 0 saturated carbocycles.